The monoisotopic (exact) mass is 191 g/mol. The average Bonchev–Trinajstić information content (AvgIpc) is 2.16. The van der Waals surface area contributed by atoms with Gasteiger partial charge in [-0.1, -0.05) is 32.0 Å². The zero-order chi connectivity index (χ0) is 10.6. The van der Waals surface area contributed by atoms with Gasteiger partial charge in [0.2, 0.25) is 0 Å². The van der Waals surface area contributed by atoms with Crippen molar-refractivity contribution in [2.75, 3.05) is 0 Å². The topological polar surface area (TPSA) is 26.0 Å². The molecule has 2 N–H and O–H groups in total. The van der Waals surface area contributed by atoms with Crippen LogP contribution in [0.4, 0.5) is 0 Å². The molecule has 1 nitrogen and oxygen atoms in total. The number of rotatable bonds is 4. The summed E-state index contributed by atoms with van der Waals surface area (Å²) in [5.41, 5.74) is 10.1. The van der Waals surface area contributed by atoms with Gasteiger partial charge < -0.3 is 5.73 Å². The van der Waals surface area contributed by atoms with Crippen LogP contribution < -0.4 is 5.73 Å². The van der Waals surface area contributed by atoms with Gasteiger partial charge in [-0.15, -0.1) is 0 Å². The number of benzene rings is 1. The molecule has 1 heteroatoms. The van der Waals surface area contributed by atoms with Crippen LogP contribution in [0.15, 0.2) is 18.2 Å². The fourth-order valence-corrected chi connectivity index (χ4v) is 1.78. The van der Waals surface area contributed by atoms with Crippen LogP contribution in [0.2, 0.25) is 0 Å². The van der Waals surface area contributed by atoms with Crippen molar-refractivity contribution in [2.24, 2.45) is 5.73 Å². The maximum Gasteiger partial charge on any atom is 0.00510 e. The fourth-order valence-electron chi connectivity index (χ4n) is 1.78. The van der Waals surface area contributed by atoms with Crippen LogP contribution in [0.1, 0.15) is 37.5 Å². The number of nitrogens with two attached hydrogens (primary N) is 1. The van der Waals surface area contributed by atoms with E-state index in [1.54, 1.807) is 0 Å². The summed E-state index contributed by atoms with van der Waals surface area (Å²) < 4.78 is 0. The van der Waals surface area contributed by atoms with Crippen molar-refractivity contribution < 1.29 is 0 Å². The largest absolute Gasteiger partial charge is 0.328 e. The van der Waals surface area contributed by atoms with E-state index in [9.17, 15) is 0 Å². The molecule has 0 spiro atoms. The number of hydrogen-bond donors (Lipinski definition) is 1. The van der Waals surface area contributed by atoms with Crippen molar-refractivity contribution in [3.63, 3.8) is 0 Å². The van der Waals surface area contributed by atoms with Gasteiger partial charge in [0, 0.05) is 6.04 Å². The van der Waals surface area contributed by atoms with Gasteiger partial charge >= 0.3 is 0 Å². The third-order valence-corrected chi connectivity index (χ3v) is 2.60. The van der Waals surface area contributed by atoms with Crippen LogP contribution in [0.3, 0.4) is 0 Å². The minimum atomic E-state index is 0.257. The van der Waals surface area contributed by atoms with E-state index >= 15 is 0 Å². The van der Waals surface area contributed by atoms with Crippen molar-refractivity contribution in [2.45, 2.75) is 46.1 Å². The molecule has 1 rings (SSSR count). The summed E-state index contributed by atoms with van der Waals surface area (Å²) >= 11 is 0. The van der Waals surface area contributed by atoms with Crippen molar-refractivity contribution in [1.29, 1.82) is 0 Å². The summed E-state index contributed by atoms with van der Waals surface area (Å²) in [6.07, 6.45) is 3.21. The van der Waals surface area contributed by atoms with E-state index in [0.717, 1.165) is 19.3 Å². The molecular formula is C13H21N. The first-order valence-electron chi connectivity index (χ1n) is 5.53. The maximum atomic E-state index is 5.84. The molecule has 1 aromatic rings. The van der Waals surface area contributed by atoms with Crippen LogP contribution >= 0.6 is 0 Å². The van der Waals surface area contributed by atoms with E-state index in [4.69, 9.17) is 5.73 Å². The van der Waals surface area contributed by atoms with Gasteiger partial charge in [0.15, 0.2) is 0 Å². The lowest BCUT2D eigenvalue weighted by molar-refractivity contribution is 0.731. The molecule has 0 aliphatic rings. The molecule has 0 saturated heterocycles. The lowest BCUT2D eigenvalue weighted by atomic mass is 9.96. The smallest absolute Gasteiger partial charge is 0.00510 e. The Morgan fingerprint density at radius 3 is 2.36 bits per heavy atom. The second kappa shape index (κ2) is 5.16. The predicted octanol–water partition coefficient (Wildman–Crippen LogP) is 2.70. The molecular weight excluding hydrogens is 170 g/mol. The van der Waals surface area contributed by atoms with Crippen LogP contribution in [0.25, 0.3) is 0 Å². The first kappa shape index (κ1) is 11.3. The van der Waals surface area contributed by atoms with Gasteiger partial charge in [-0.3, -0.25) is 0 Å². The molecule has 0 amide bonds. The standard InChI is InChI=1S/C13H21N/c1-4-11-6-7-12(5-2)13(9-11)8-10(3)14/h6-7,9-10H,4-5,8,14H2,1-3H3. The Kier molecular flexibility index (Phi) is 4.15. The van der Waals surface area contributed by atoms with Crippen molar-refractivity contribution in [1.82, 2.24) is 0 Å². The second-order valence-electron chi connectivity index (χ2n) is 3.99. The molecule has 78 valence electrons. The third kappa shape index (κ3) is 2.85. The van der Waals surface area contributed by atoms with Crippen LogP contribution in [0, 0.1) is 0 Å². The molecule has 0 radical (unpaired) electrons. The molecule has 1 atom stereocenters. The van der Waals surface area contributed by atoms with Gasteiger partial charge in [-0.2, -0.15) is 0 Å². The summed E-state index contributed by atoms with van der Waals surface area (Å²) in [6.45, 7) is 6.46. The Morgan fingerprint density at radius 2 is 1.86 bits per heavy atom. The van der Waals surface area contributed by atoms with Gasteiger partial charge in [0.25, 0.3) is 0 Å². The molecule has 0 saturated carbocycles. The van der Waals surface area contributed by atoms with Gasteiger partial charge in [0.1, 0.15) is 0 Å². The lowest BCUT2D eigenvalue weighted by Crippen LogP contribution is -2.18. The summed E-state index contributed by atoms with van der Waals surface area (Å²) in [5, 5.41) is 0. The van der Waals surface area contributed by atoms with Gasteiger partial charge in [0.05, 0.1) is 0 Å². The summed E-state index contributed by atoms with van der Waals surface area (Å²) in [5.74, 6) is 0. The highest BCUT2D eigenvalue weighted by atomic mass is 14.6. The Bertz CT molecular complexity index is 289. The molecule has 0 aliphatic heterocycles. The predicted molar refractivity (Wildman–Crippen MR) is 62.6 cm³/mol. The van der Waals surface area contributed by atoms with Crippen molar-refractivity contribution in [3.8, 4) is 0 Å². The molecule has 1 aromatic carbocycles. The molecule has 0 fully saturated rings. The molecule has 1 unspecified atom stereocenters. The minimum absolute atomic E-state index is 0.257. The minimum Gasteiger partial charge on any atom is -0.328 e. The van der Waals surface area contributed by atoms with Gasteiger partial charge in [-0.05, 0) is 42.9 Å². The number of aryl methyl sites for hydroxylation is 2. The highest BCUT2D eigenvalue weighted by molar-refractivity contribution is 5.32. The second-order valence-corrected chi connectivity index (χ2v) is 3.99. The third-order valence-electron chi connectivity index (χ3n) is 2.60. The average molecular weight is 191 g/mol. The Labute approximate surface area is 87.3 Å². The van der Waals surface area contributed by atoms with Crippen LogP contribution in [-0.2, 0) is 19.3 Å². The quantitative estimate of drug-likeness (QED) is 0.778. The zero-order valence-corrected chi connectivity index (χ0v) is 9.51. The highest BCUT2D eigenvalue weighted by Gasteiger charge is 2.04. The van der Waals surface area contributed by atoms with Crippen LogP contribution in [-0.4, -0.2) is 6.04 Å². The van der Waals surface area contributed by atoms with Gasteiger partial charge in [-0.25, -0.2) is 0 Å². The molecule has 0 aromatic heterocycles. The fraction of sp³-hybridized carbons (Fsp3) is 0.538. The van der Waals surface area contributed by atoms with Crippen molar-refractivity contribution in [3.05, 3.63) is 34.9 Å². The zero-order valence-electron chi connectivity index (χ0n) is 9.51. The Hall–Kier alpha value is -0.820. The molecule has 14 heavy (non-hydrogen) atoms. The Morgan fingerprint density at radius 1 is 1.14 bits per heavy atom. The SMILES string of the molecule is CCc1ccc(CC)c(CC(C)N)c1. The molecule has 0 bridgehead atoms. The summed E-state index contributed by atoms with van der Waals surface area (Å²) in [6, 6.07) is 7.04. The lowest BCUT2D eigenvalue weighted by Gasteiger charge is -2.12. The maximum absolute atomic E-state index is 5.84. The first-order valence-corrected chi connectivity index (χ1v) is 5.53. The number of hydrogen-bond acceptors (Lipinski definition) is 1. The summed E-state index contributed by atoms with van der Waals surface area (Å²) in [7, 11) is 0. The van der Waals surface area contributed by atoms with E-state index < -0.39 is 0 Å². The highest BCUT2D eigenvalue weighted by Crippen LogP contribution is 2.15. The van der Waals surface area contributed by atoms with E-state index in [2.05, 4.69) is 39.0 Å². The Balaban J connectivity index is 2.96. The molecule has 0 aliphatic carbocycles. The van der Waals surface area contributed by atoms with Crippen molar-refractivity contribution >= 4 is 0 Å². The van der Waals surface area contributed by atoms with E-state index in [-0.39, 0.29) is 6.04 Å². The first-order chi connectivity index (χ1) is 6.67. The van der Waals surface area contributed by atoms with E-state index in [0.29, 0.717) is 0 Å². The molecule has 0 heterocycles. The normalized spacial score (nSPS) is 12.9. The summed E-state index contributed by atoms with van der Waals surface area (Å²) in [4.78, 5) is 0. The van der Waals surface area contributed by atoms with E-state index in [1.165, 1.54) is 16.7 Å². The van der Waals surface area contributed by atoms with E-state index in [1.807, 2.05) is 0 Å². The van der Waals surface area contributed by atoms with Crippen LogP contribution in [0.5, 0.6) is 0 Å².